The van der Waals surface area contributed by atoms with Crippen molar-refractivity contribution < 1.29 is 5.11 Å². The molecule has 0 amide bonds. The van der Waals surface area contributed by atoms with E-state index in [4.69, 9.17) is 11.6 Å². The predicted octanol–water partition coefficient (Wildman–Crippen LogP) is 3.79. The maximum Gasteiger partial charge on any atom is 0.141 e. The first-order chi connectivity index (χ1) is 7.59. The Morgan fingerprint density at radius 1 is 1.38 bits per heavy atom. The highest BCUT2D eigenvalue weighted by Gasteiger charge is 2.10. The lowest BCUT2D eigenvalue weighted by Gasteiger charge is -2.09. The average molecular weight is 236 g/mol. The summed E-state index contributed by atoms with van der Waals surface area (Å²) in [6.45, 7) is 4.28. The fourth-order valence-electron chi connectivity index (χ4n) is 1.80. The van der Waals surface area contributed by atoms with Crippen LogP contribution >= 0.6 is 11.6 Å². The summed E-state index contributed by atoms with van der Waals surface area (Å²) < 4.78 is 0. The van der Waals surface area contributed by atoms with Gasteiger partial charge in [0.15, 0.2) is 0 Å². The molecule has 2 aromatic rings. The summed E-state index contributed by atoms with van der Waals surface area (Å²) in [5.41, 5.74) is 1.61. The van der Waals surface area contributed by atoms with Gasteiger partial charge in [0.05, 0.1) is 5.02 Å². The van der Waals surface area contributed by atoms with Gasteiger partial charge in [0, 0.05) is 11.6 Å². The Balaban J connectivity index is 2.61. The van der Waals surface area contributed by atoms with Gasteiger partial charge in [-0.1, -0.05) is 37.6 Å². The summed E-state index contributed by atoms with van der Waals surface area (Å²) in [4.78, 5) is 4.26. The van der Waals surface area contributed by atoms with Gasteiger partial charge in [-0.05, 0) is 24.0 Å². The first-order valence-corrected chi connectivity index (χ1v) is 5.72. The molecule has 0 unspecified atom stereocenters. The molecule has 2 rings (SSSR count). The second kappa shape index (κ2) is 4.30. The van der Waals surface area contributed by atoms with Gasteiger partial charge in [-0.3, -0.25) is 4.98 Å². The molecule has 1 aromatic carbocycles. The SMILES string of the molecule is CC(C)Cc1cnc2c(O)cccc2c1Cl. The zero-order valence-corrected chi connectivity index (χ0v) is 10.1. The van der Waals surface area contributed by atoms with Crippen molar-refractivity contribution >= 4 is 22.5 Å². The Bertz CT molecular complexity index is 523. The van der Waals surface area contributed by atoms with Gasteiger partial charge in [-0.2, -0.15) is 0 Å². The Kier molecular flexibility index (Phi) is 3.01. The van der Waals surface area contributed by atoms with E-state index in [1.807, 2.05) is 6.07 Å². The van der Waals surface area contributed by atoms with Crippen LogP contribution in [-0.2, 0) is 6.42 Å². The molecule has 0 radical (unpaired) electrons. The summed E-state index contributed by atoms with van der Waals surface area (Å²) >= 11 is 6.31. The van der Waals surface area contributed by atoms with Gasteiger partial charge >= 0.3 is 0 Å². The number of aromatic hydroxyl groups is 1. The highest BCUT2D eigenvalue weighted by Crippen LogP contribution is 2.31. The molecule has 0 saturated heterocycles. The van der Waals surface area contributed by atoms with Crippen molar-refractivity contribution in [2.75, 3.05) is 0 Å². The molecule has 84 valence electrons. The fourth-order valence-corrected chi connectivity index (χ4v) is 2.08. The van der Waals surface area contributed by atoms with Crippen LogP contribution in [-0.4, -0.2) is 10.1 Å². The minimum atomic E-state index is 0.176. The largest absolute Gasteiger partial charge is 0.506 e. The monoisotopic (exact) mass is 235 g/mol. The summed E-state index contributed by atoms with van der Waals surface area (Å²) in [5.74, 6) is 0.713. The van der Waals surface area contributed by atoms with Gasteiger partial charge in [0.2, 0.25) is 0 Å². The Morgan fingerprint density at radius 3 is 2.81 bits per heavy atom. The topological polar surface area (TPSA) is 33.1 Å². The van der Waals surface area contributed by atoms with Gasteiger partial charge in [0.1, 0.15) is 11.3 Å². The Morgan fingerprint density at radius 2 is 2.12 bits per heavy atom. The van der Waals surface area contributed by atoms with E-state index >= 15 is 0 Å². The van der Waals surface area contributed by atoms with Gasteiger partial charge < -0.3 is 5.11 Å². The molecule has 2 nitrogen and oxygen atoms in total. The van der Waals surface area contributed by atoms with Crippen molar-refractivity contribution in [3.63, 3.8) is 0 Å². The first kappa shape index (κ1) is 11.2. The quantitative estimate of drug-likeness (QED) is 0.859. The number of benzene rings is 1. The zero-order chi connectivity index (χ0) is 11.7. The van der Waals surface area contributed by atoms with E-state index in [9.17, 15) is 5.11 Å². The number of hydrogen-bond acceptors (Lipinski definition) is 2. The molecule has 16 heavy (non-hydrogen) atoms. The zero-order valence-electron chi connectivity index (χ0n) is 9.37. The maximum atomic E-state index is 9.65. The molecule has 0 aliphatic carbocycles. The number of aromatic nitrogens is 1. The van der Waals surface area contributed by atoms with Crippen molar-refractivity contribution in [2.45, 2.75) is 20.3 Å². The minimum absolute atomic E-state index is 0.176. The molecule has 1 aromatic heterocycles. The van der Waals surface area contributed by atoms with Crippen LogP contribution in [0, 0.1) is 5.92 Å². The number of phenols is 1. The number of nitrogens with zero attached hydrogens (tertiary/aromatic N) is 1. The van der Waals surface area contributed by atoms with Crippen LogP contribution in [0.2, 0.25) is 5.02 Å². The number of hydrogen-bond donors (Lipinski definition) is 1. The third-order valence-corrected chi connectivity index (χ3v) is 2.96. The fraction of sp³-hybridized carbons (Fsp3) is 0.308. The molecule has 0 atom stereocenters. The summed E-state index contributed by atoms with van der Waals surface area (Å²) in [5, 5.41) is 11.2. The third kappa shape index (κ3) is 1.98. The van der Waals surface area contributed by atoms with Crippen LogP contribution in [0.25, 0.3) is 10.9 Å². The van der Waals surface area contributed by atoms with Crippen molar-refractivity contribution in [3.05, 3.63) is 35.0 Å². The molecule has 0 saturated carbocycles. The molecule has 1 heterocycles. The normalized spacial score (nSPS) is 11.2. The van der Waals surface area contributed by atoms with E-state index in [1.54, 1.807) is 18.3 Å². The lowest BCUT2D eigenvalue weighted by Crippen LogP contribution is -1.96. The summed E-state index contributed by atoms with van der Waals surface area (Å²) in [7, 11) is 0. The molecule has 0 aliphatic heterocycles. The molecular formula is C13H14ClNO. The lowest BCUT2D eigenvalue weighted by molar-refractivity contribution is 0.480. The van der Waals surface area contributed by atoms with Gasteiger partial charge in [0.25, 0.3) is 0 Å². The number of halogens is 1. The van der Waals surface area contributed by atoms with Crippen molar-refractivity contribution in [3.8, 4) is 5.75 Å². The molecular weight excluding hydrogens is 222 g/mol. The number of rotatable bonds is 2. The highest BCUT2D eigenvalue weighted by atomic mass is 35.5. The summed E-state index contributed by atoms with van der Waals surface area (Å²) in [6, 6.07) is 5.28. The third-order valence-electron chi connectivity index (χ3n) is 2.51. The molecule has 3 heteroatoms. The van der Waals surface area contributed by atoms with Crippen LogP contribution in [0.5, 0.6) is 5.75 Å². The predicted molar refractivity (Wildman–Crippen MR) is 67.0 cm³/mol. The van der Waals surface area contributed by atoms with E-state index in [-0.39, 0.29) is 5.75 Å². The number of fused-ring (bicyclic) bond motifs is 1. The number of phenolic OH excluding ortho intramolecular Hbond substituents is 1. The number of pyridine rings is 1. The second-order valence-electron chi connectivity index (χ2n) is 4.37. The average Bonchev–Trinajstić information content (AvgIpc) is 2.23. The van der Waals surface area contributed by atoms with E-state index in [0.717, 1.165) is 17.4 Å². The van der Waals surface area contributed by atoms with E-state index in [2.05, 4.69) is 18.8 Å². The molecule has 1 N–H and O–H groups in total. The van der Waals surface area contributed by atoms with Crippen molar-refractivity contribution in [1.29, 1.82) is 0 Å². The lowest BCUT2D eigenvalue weighted by atomic mass is 10.0. The Labute approximate surface area is 99.9 Å². The van der Waals surface area contributed by atoms with E-state index < -0.39 is 0 Å². The number of para-hydroxylation sites is 1. The summed E-state index contributed by atoms with van der Waals surface area (Å²) in [6.07, 6.45) is 2.65. The second-order valence-corrected chi connectivity index (χ2v) is 4.75. The molecule has 0 aliphatic rings. The Hall–Kier alpha value is -1.28. The van der Waals surface area contributed by atoms with Crippen molar-refractivity contribution in [1.82, 2.24) is 4.98 Å². The van der Waals surface area contributed by atoms with Gasteiger partial charge in [-0.15, -0.1) is 0 Å². The van der Waals surface area contributed by atoms with Gasteiger partial charge in [-0.25, -0.2) is 0 Å². The van der Waals surface area contributed by atoms with Crippen molar-refractivity contribution in [2.24, 2.45) is 5.92 Å². The van der Waals surface area contributed by atoms with Crippen LogP contribution < -0.4 is 0 Å². The first-order valence-electron chi connectivity index (χ1n) is 5.34. The van der Waals surface area contributed by atoms with Crippen LogP contribution in [0.3, 0.4) is 0 Å². The van der Waals surface area contributed by atoms with Crippen LogP contribution in [0.15, 0.2) is 24.4 Å². The standard InChI is InChI=1S/C13H14ClNO/c1-8(2)6-9-7-15-13-10(12(9)14)4-3-5-11(13)16/h3-5,7-8,16H,6H2,1-2H3. The van der Waals surface area contributed by atoms with Crippen LogP contribution in [0.4, 0.5) is 0 Å². The highest BCUT2D eigenvalue weighted by molar-refractivity contribution is 6.36. The minimum Gasteiger partial charge on any atom is -0.506 e. The van der Waals surface area contributed by atoms with Crippen LogP contribution in [0.1, 0.15) is 19.4 Å². The van der Waals surface area contributed by atoms with E-state index in [0.29, 0.717) is 16.5 Å². The molecule has 0 fully saturated rings. The maximum absolute atomic E-state index is 9.65. The molecule has 0 spiro atoms. The van der Waals surface area contributed by atoms with E-state index in [1.165, 1.54) is 0 Å². The molecule has 0 bridgehead atoms. The smallest absolute Gasteiger partial charge is 0.141 e.